The van der Waals surface area contributed by atoms with Crippen molar-refractivity contribution in [3.63, 3.8) is 0 Å². The molecule has 0 aliphatic carbocycles. The first kappa shape index (κ1) is 16.3. The van der Waals surface area contributed by atoms with Crippen LogP contribution in [-0.4, -0.2) is 11.6 Å². The monoisotopic (exact) mass is 247 g/mol. The Morgan fingerprint density at radius 1 is 0.786 bits per heavy atom. The van der Waals surface area contributed by atoms with Crippen molar-refractivity contribution >= 4 is 11.6 Å². The number of ketones is 2. The van der Waals surface area contributed by atoms with Gasteiger partial charge in [0.05, 0.1) is 6.42 Å². The number of carbonyl (C=O) groups excluding carboxylic acids is 2. The van der Waals surface area contributed by atoms with Crippen LogP contribution in [0.25, 0.3) is 0 Å². The van der Waals surface area contributed by atoms with Crippen molar-refractivity contribution in [2.75, 3.05) is 0 Å². The molecular weight excluding hydrogens is 228 g/mol. The van der Waals surface area contributed by atoms with Crippen LogP contribution in [-0.2, 0) is 26.7 Å². The van der Waals surface area contributed by atoms with E-state index in [2.05, 4.69) is 0 Å². The van der Waals surface area contributed by atoms with Crippen LogP contribution < -0.4 is 0 Å². The Labute approximate surface area is 97.3 Å². The van der Waals surface area contributed by atoms with Crippen molar-refractivity contribution < 1.29 is 26.7 Å². The molecule has 0 aromatic carbocycles. The minimum atomic E-state index is -0.402. The molecule has 0 aromatic rings. The van der Waals surface area contributed by atoms with Gasteiger partial charge in [0.15, 0.2) is 0 Å². The van der Waals surface area contributed by atoms with E-state index in [1.54, 1.807) is 0 Å². The number of hydrogen-bond donors (Lipinski definition) is 0. The Hall–Kier alpha value is -0.141. The third kappa shape index (κ3) is 5.56. The minimum absolute atomic E-state index is 0. The first-order valence-electron chi connectivity index (χ1n) is 4.62. The van der Waals surface area contributed by atoms with Crippen LogP contribution in [0.3, 0.4) is 0 Å². The van der Waals surface area contributed by atoms with Crippen LogP contribution in [0.1, 0.15) is 48.0 Å². The summed E-state index contributed by atoms with van der Waals surface area (Å²) in [6, 6.07) is 0. The second kappa shape index (κ2) is 5.09. The standard InChI is InChI=1S/C11H20O2.Cu/c1-10(2,3)8(12)7-9(13)11(4,5)6;/h7H2,1-6H3;. The summed E-state index contributed by atoms with van der Waals surface area (Å²) in [5, 5.41) is 0. The minimum Gasteiger partial charge on any atom is -0.299 e. The summed E-state index contributed by atoms with van der Waals surface area (Å²) in [4.78, 5) is 23.0. The molecule has 0 unspecified atom stereocenters. The molecule has 1 radical (unpaired) electrons. The SMILES string of the molecule is CC(C)(C)C(=O)CC(=O)C(C)(C)C.[Cu]. The summed E-state index contributed by atoms with van der Waals surface area (Å²) >= 11 is 0. The summed E-state index contributed by atoms with van der Waals surface area (Å²) in [6.45, 7) is 11.0. The van der Waals surface area contributed by atoms with E-state index in [0.29, 0.717) is 0 Å². The van der Waals surface area contributed by atoms with Gasteiger partial charge in [-0.3, -0.25) is 9.59 Å². The quantitative estimate of drug-likeness (QED) is 0.555. The van der Waals surface area contributed by atoms with Crippen LogP contribution in [0.2, 0.25) is 0 Å². The number of hydrogen-bond acceptors (Lipinski definition) is 2. The van der Waals surface area contributed by atoms with Gasteiger partial charge in [-0.15, -0.1) is 0 Å². The van der Waals surface area contributed by atoms with E-state index < -0.39 is 10.8 Å². The van der Waals surface area contributed by atoms with Crippen molar-refractivity contribution in [3.8, 4) is 0 Å². The zero-order chi connectivity index (χ0) is 10.9. The van der Waals surface area contributed by atoms with E-state index in [-0.39, 0.29) is 35.1 Å². The van der Waals surface area contributed by atoms with Gasteiger partial charge in [-0.05, 0) is 0 Å². The normalized spacial score (nSPS) is 11.9. The second-order valence-electron chi connectivity index (χ2n) is 5.52. The molecule has 0 bridgehead atoms. The Morgan fingerprint density at radius 2 is 1.00 bits per heavy atom. The zero-order valence-corrected chi connectivity index (χ0v) is 10.8. The molecule has 0 spiro atoms. The molecule has 0 aromatic heterocycles. The fourth-order valence-electron chi connectivity index (χ4n) is 0.676. The van der Waals surface area contributed by atoms with Crippen molar-refractivity contribution in [3.05, 3.63) is 0 Å². The van der Waals surface area contributed by atoms with E-state index in [1.165, 1.54) is 0 Å². The van der Waals surface area contributed by atoms with Gasteiger partial charge in [0.25, 0.3) is 0 Å². The van der Waals surface area contributed by atoms with Crippen LogP contribution in [0.5, 0.6) is 0 Å². The summed E-state index contributed by atoms with van der Waals surface area (Å²) in [7, 11) is 0. The maximum Gasteiger partial charge on any atom is 0.145 e. The molecule has 0 rings (SSSR count). The summed E-state index contributed by atoms with van der Waals surface area (Å²) < 4.78 is 0. The molecule has 87 valence electrons. The van der Waals surface area contributed by atoms with Crippen LogP contribution >= 0.6 is 0 Å². The molecule has 0 saturated carbocycles. The average molecular weight is 248 g/mol. The van der Waals surface area contributed by atoms with E-state index in [0.717, 1.165) is 0 Å². The third-order valence-electron chi connectivity index (χ3n) is 1.99. The fraction of sp³-hybridized carbons (Fsp3) is 0.818. The molecule has 0 amide bonds. The van der Waals surface area contributed by atoms with Crippen LogP contribution in [0, 0.1) is 10.8 Å². The maximum absolute atomic E-state index is 11.5. The maximum atomic E-state index is 11.5. The van der Waals surface area contributed by atoms with E-state index >= 15 is 0 Å². The average Bonchev–Trinajstić information content (AvgIpc) is 1.82. The summed E-state index contributed by atoms with van der Waals surface area (Å²) in [6.07, 6.45) is 0.0625. The Morgan fingerprint density at radius 3 is 1.14 bits per heavy atom. The largest absolute Gasteiger partial charge is 0.299 e. The molecule has 14 heavy (non-hydrogen) atoms. The van der Waals surface area contributed by atoms with Gasteiger partial charge < -0.3 is 0 Å². The first-order valence-corrected chi connectivity index (χ1v) is 4.62. The summed E-state index contributed by atoms with van der Waals surface area (Å²) in [5.41, 5.74) is -0.804. The third-order valence-corrected chi connectivity index (χ3v) is 1.99. The van der Waals surface area contributed by atoms with E-state index in [9.17, 15) is 9.59 Å². The van der Waals surface area contributed by atoms with Crippen molar-refractivity contribution in [1.82, 2.24) is 0 Å². The van der Waals surface area contributed by atoms with Gasteiger partial charge >= 0.3 is 0 Å². The van der Waals surface area contributed by atoms with Gasteiger partial charge in [-0.25, -0.2) is 0 Å². The van der Waals surface area contributed by atoms with Gasteiger partial charge in [0, 0.05) is 27.9 Å². The van der Waals surface area contributed by atoms with Crippen LogP contribution in [0.15, 0.2) is 0 Å². The molecule has 0 N–H and O–H groups in total. The molecule has 3 heteroatoms. The second-order valence-corrected chi connectivity index (χ2v) is 5.52. The topological polar surface area (TPSA) is 34.1 Å². The fourth-order valence-corrected chi connectivity index (χ4v) is 0.676. The molecule has 0 heterocycles. The molecule has 2 nitrogen and oxygen atoms in total. The van der Waals surface area contributed by atoms with Crippen molar-refractivity contribution in [2.45, 2.75) is 48.0 Å². The van der Waals surface area contributed by atoms with Gasteiger partial charge in [-0.2, -0.15) is 0 Å². The zero-order valence-electron chi connectivity index (χ0n) is 9.83. The molecule has 0 fully saturated rings. The Balaban J connectivity index is 0. The van der Waals surface area contributed by atoms with E-state index in [4.69, 9.17) is 0 Å². The predicted molar refractivity (Wildman–Crippen MR) is 53.5 cm³/mol. The van der Waals surface area contributed by atoms with Gasteiger partial charge in [-0.1, -0.05) is 41.5 Å². The molecule has 0 saturated heterocycles. The van der Waals surface area contributed by atoms with Crippen LogP contribution in [0.4, 0.5) is 0 Å². The van der Waals surface area contributed by atoms with Gasteiger partial charge in [0.2, 0.25) is 0 Å². The molecular formula is C11H20CuO2. The number of carbonyl (C=O) groups is 2. The van der Waals surface area contributed by atoms with Gasteiger partial charge in [0.1, 0.15) is 11.6 Å². The van der Waals surface area contributed by atoms with Crippen molar-refractivity contribution in [2.24, 2.45) is 10.8 Å². The Kier molecular flexibility index (Phi) is 5.92. The predicted octanol–water partition coefficient (Wildman–Crippen LogP) is 2.60. The van der Waals surface area contributed by atoms with E-state index in [1.807, 2.05) is 41.5 Å². The molecule has 0 atom stereocenters. The smallest absolute Gasteiger partial charge is 0.145 e. The van der Waals surface area contributed by atoms with Crippen molar-refractivity contribution in [1.29, 1.82) is 0 Å². The first-order chi connectivity index (χ1) is 5.55. The Bertz CT molecular complexity index is 194. The number of rotatable bonds is 2. The summed E-state index contributed by atoms with van der Waals surface area (Å²) in [5.74, 6) is 0.0415. The number of Topliss-reactive ketones (excluding diaryl/α,β-unsaturated/α-hetero) is 2. The molecule has 0 aliphatic rings. The molecule has 0 aliphatic heterocycles.